The number of nitrogens with zero attached hydrogens (tertiary/aromatic N) is 1. The smallest absolute Gasteiger partial charge is 0.243 e. The molecular weight excluding hydrogens is 286 g/mol. The highest BCUT2D eigenvalue weighted by Crippen LogP contribution is 2.24. The molecule has 2 aromatic carbocycles. The van der Waals surface area contributed by atoms with E-state index in [1.54, 1.807) is 12.1 Å². The third-order valence-electron chi connectivity index (χ3n) is 3.74. The number of sulfonamides is 1. The maximum Gasteiger partial charge on any atom is 0.243 e. The fraction of sp³-hybridized carbons (Fsp3) is 0.375. The summed E-state index contributed by atoms with van der Waals surface area (Å²) < 4.78 is 32.7. The van der Waals surface area contributed by atoms with E-state index in [9.17, 15) is 8.42 Å². The molecule has 0 N–H and O–H groups in total. The van der Waals surface area contributed by atoms with Crippen molar-refractivity contribution in [3.63, 3.8) is 0 Å². The van der Waals surface area contributed by atoms with Gasteiger partial charge in [0.15, 0.2) is 0 Å². The Balaban J connectivity index is 1.99. The van der Waals surface area contributed by atoms with E-state index in [4.69, 9.17) is 4.74 Å². The van der Waals surface area contributed by atoms with Gasteiger partial charge in [-0.3, -0.25) is 0 Å². The molecule has 0 aliphatic carbocycles. The van der Waals surface area contributed by atoms with Crippen LogP contribution in [0.25, 0.3) is 10.8 Å². The number of morpholine rings is 1. The number of ether oxygens (including phenoxy) is 1. The van der Waals surface area contributed by atoms with E-state index in [2.05, 4.69) is 0 Å². The largest absolute Gasteiger partial charge is 0.373 e. The summed E-state index contributed by atoms with van der Waals surface area (Å²) in [7, 11) is -3.47. The van der Waals surface area contributed by atoms with Gasteiger partial charge < -0.3 is 4.74 Å². The van der Waals surface area contributed by atoms with Crippen molar-refractivity contribution >= 4 is 20.8 Å². The normalized spacial score (nSPS) is 24.3. The van der Waals surface area contributed by atoms with E-state index in [1.807, 2.05) is 44.2 Å². The quantitative estimate of drug-likeness (QED) is 0.857. The van der Waals surface area contributed by atoms with Gasteiger partial charge in [0, 0.05) is 13.1 Å². The second-order valence-electron chi connectivity index (χ2n) is 5.59. The van der Waals surface area contributed by atoms with Crippen molar-refractivity contribution in [3.8, 4) is 0 Å². The molecule has 0 radical (unpaired) electrons. The minimum Gasteiger partial charge on any atom is -0.373 e. The van der Waals surface area contributed by atoms with E-state index in [0.717, 1.165) is 10.8 Å². The summed E-state index contributed by atoms with van der Waals surface area (Å²) in [5, 5.41) is 1.98. The van der Waals surface area contributed by atoms with E-state index in [0.29, 0.717) is 18.0 Å². The SMILES string of the molecule is C[C@@H]1CN(S(=O)(=O)c2ccc3ccccc3c2)C[C@H](C)O1. The summed E-state index contributed by atoms with van der Waals surface area (Å²) in [4.78, 5) is 0.350. The number of hydrogen-bond acceptors (Lipinski definition) is 3. The van der Waals surface area contributed by atoms with Crippen molar-refractivity contribution in [1.29, 1.82) is 0 Å². The van der Waals surface area contributed by atoms with E-state index >= 15 is 0 Å². The average molecular weight is 305 g/mol. The van der Waals surface area contributed by atoms with Crippen molar-refractivity contribution in [2.24, 2.45) is 0 Å². The first-order valence-corrected chi connectivity index (χ1v) is 8.55. The minimum atomic E-state index is -3.47. The summed E-state index contributed by atoms with van der Waals surface area (Å²) in [5.41, 5.74) is 0. The summed E-state index contributed by atoms with van der Waals surface area (Å²) >= 11 is 0. The van der Waals surface area contributed by atoms with E-state index < -0.39 is 10.0 Å². The Bertz CT molecular complexity index is 747. The van der Waals surface area contributed by atoms with Gasteiger partial charge in [-0.25, -0.2) is 8.42 Å². The Labute approximate surface area is 125 Å². The van der Waals surface area contributed by atoms with E-state index in [1.165, 1.54) is 4.31 Å². The third-order valence-corrected chi connectivity index (χ3v) is 5.57. The highest BCUT2D eigenvalue weighted by atomic mass is 32.2. The van der Waals surface area contributed by atoms with Gasteiger partial charge in [0.05, 0.1) is 17.1 Å². The van der Waals surface area contributed by atoms with Gasteiger partial charge in [-0.1, -0.05) is 30.3 Å². The Morgan fingerprint density at radius 2 is 1.62 bits per heavy atom. The molecule has 1 aliphatic heterocycles. The number of hydrogen-bond donors (Lipinski definition) is 0. The first kappa shape index (κ1) is 14.5. The number of benzene rings is 2. The fourth-order valence-electron chi connectivity index (χ4n) is 2.80. The Morgan fingerprint density at radius 1 is 1.00 bits per heavy atom. The van der Waals surface area contributed by atoms with Crippen molar-refractivity contribution in [2.45, 2.75) is 31.0 Å². The van der Waals surface area contributed by atoms with Gasteiger partial charge >= 0.3 is 0 Å². The monoisotopic (exact) mass is 305 g/mol. The van der Waals surface area contributed by atoms with Crippen molar-refractivity contribution in [3.05, 3.63) is 42.5 Å². The Morgan fingerprint density at radius 3 is 2.29 bits per heavy atom. The van der Waals surface area contributed by atoms with E-state index in [-0.39, 0.29) is 12.2 Å². The van der Waals surface area contributed by atoms with Crippen LogP contribution < -0.4 is 0 Å². The third kappa shape index (κ3) is 2.81. The summed E-state index contributed by atoms with van der Waals surface area (Å²) in [6, 6.07) is 13.1. The molecule has 1 aliphatic rings. The molecule has 2 atom stereocenters. The molecule has 0 saturated carbocycles. The lowest BCUT2D eigenvalue weighted by Crippen LogP contribution is -2.48. The second-order valence-corrected chi connectivity index (χ2v) is 7.53. The predicted molar refractivity (Wildman–Crippen MR) is 82.7 cm³/mol. The first-order chi connectivity index (χ1) is 9.96. The molecule has 2 aromatic rings. The zero-order chi connectivity index (χ0) is 15.0. The van der Waals surface area contributed by atoms with Crippen LogP contribution in [0.2, 0.25) is 0 Å². The zero-order valence-electron chi connectivity index (χ0n) is 12.2. The van der Waals surface area contributed by atoms with Crippen molar-refractivity contribution in [1.82, 2.24) is 4.31 Å². The molecule has 3 rings (SSSR count). The maximum atomic E-state index is 12.8. The lowest BCUT2D eigenvalue weighted by molar-refractivity contribution is -0.0440. The molecule has 0 bridgehead atoms. The fourth-order valence-corrected chi connectivity index (χ4v) is 4.43. The number of fused-ring (bicyclic) bond motifs is 1. The lowest BCUT2D eigenvalue weighted by Gasteiger charge is -2.34. The number of rotatable bonds is 2. The van der Waals surface area contributed by atoms with Crippen molar-refractivity contribution in [2.75, 3.05) is 13.1 Å². The molecule has 1 heterocycles. The molecule has 0 aromatic heterocycles. The molecule has 0 spiro atoms. The maximum absolute atomic E-state index is 12.8. The van der Waals surface area contributed by atoms with Crippen LogP contribution in [0.5, 0.6) is 0 Å². The van der Waals surface area contributed by atoms with Crippen LogP contribution in [0.15, 0.2) is 47.4 Å². The standard InChI is InChI=1S/C16H19NO3S/c1-12-10-17(11-13(2)20-12)21(18,19)16-8-7-14-5-3-4-6-15(14)9-16/h3-9,12-13H,10-11H2,1-2H3/t12-,13+. The molecule has 112 valence electrons. The predicted octanol–water partition coefficient (Wildman–Crippen LogP) is 2.64. The molecular formula is C16H19NO3S. The first-order valence-electron chi connectivity index (χ1n) is 7.11. The van der Waals surface area contributed by atoms with Gasteiger partial charge in [-0.2, -0.15) is 4.31 Å². The van der Waals surface area contributed by atoms with Crippen LogP contribution in [0.1, 0.15) is 13.8 Å². The molecule has 0 unspecified atom stereocenters. The Hall–Kier alpha value is -1.43. The highest BCUT2D eigenvalue weighted by molar-refractivity contribution is 7.89. The molecule has 5 heteroatoms. The summed E-state index contributed by atoms with van der Waals surface area (Å²) in [5.74, 6) is 0. The van der Waals surface area contributed by atoms with Gasteiger partial charge in [0.25, 0.3) is 0 Å². The minimum absolute atomic E-state index is 0.0796. The average Bonchev–Trinajstić information content (AvgIpc) is 2.45. The molecule has 21 heavy (non-hydrogen) atoms. The Kier molecular flexibility index (Phi) is 3.73. The van der Waals surface area contributed by atoms with Crippen LogP contribution in [-0.2, 0) is 14.8 Å². The molecule has 1 saturated heterocycles. The molecule has 1 fully saturated rings. The zero-order valence-corrected chi connectivity index (χ0v) is 13.0. The molecule has 4 nitrogen and oxygen atoms in total. The topological polar surface area (TPSA) is 46.6 Å². The highest BCUT2D eigenvalue weighted by Gasteiger charge is 2.32. The summed E-state index contributed by atoms with van der Waals surface area (Å²) in [6.07, 6.45) is -0.159. The van der Waals surface area contributed by atoms with Gasteiger partial charge in [0.1, 0.15) is 0 Å². The van der Waals surface area contributed by atoms with Crippen LogP contribution in [0, 0.1) is 0 Å². The van der Waals surface area contributed by atoms with Gasteiger partial charge in [-0.15, -0.1) is 0 Å². The van der Waals surface area contributed by atoms with Gasteiger partial charge in [0.2, 0.25) is 10.0 Å². The van der Waals surface area contributed by atoms with Crippen LogP contribution in [0.4, 0.5) is 0 Å². The second kappa shape index (κ2) is 5.40. The van der Waals surface area contributed by atoms with Crippen molar-refractivity contribution < 1.29 is 13.2 Å². The van der Waals surface area contributed by atoms with Crippen LogP contribution in [0.3, 0.4) is 0 Å². The summed E-state index contributed by atoms with van der Waals surface area (Å²) in [6.45, 7) is 4.61. The van der Waals surface area contributed by atoms with Gasteiger partial charge in [-0.05, 0) is 36.8 Å². The molecule has 0 amide bonds. The van der Waals surface area contributed by atoms with Crippen LogP contribution in [-0.4, -0.2) is 38.0 Å². The lowest BCUT2D eigenvalue weighted by atomic mass is 10.1. The van der Waals surface area contributed by atoms with Crippen LogP contribution >= 0.6 is 0 Å².